The minimum atomic E-state index is -0.419. The average molecular weight is 300 g/mol. The highest BCUT2D eigenvalue weighted by Gasteiger charge is 2.12. The van der Waals surface area contributed by atoms with Gasteiger partial charge in [0.15, 0.2) is 11.0 Å². The van der Waals surface area contributed by atoms with Gasteiger partial charge in [0.05, 0.1) is 11.0 Å². The molecule has 0 aliphatic rings. The van der Waals surface area contributed by atoms with Crippen LogP contribution in [-0.4, -0.2) is 21.0 Å². The van der Waals surface area contributed by atoms with Crippen LogP contribution < -0.4 is 5.32 Å². The number of para-hydroxylation sites is 2. The number of halogens is 1. The Morgan fingerprint density at radius 3 is 2.48 bits per heavy atom. The number of nitrogens with one attached hydrogen (secondary N) is 1. The standard InChI is InChI=1S/C15H10ClN3O2/c16-13-14(18-12-7-2-1-6-11(12)17-13)19-15(21)9-4-3-5-10(20)8-9/h1-8,20H,(H,18,19,21). The van der Waals surface area contributed by atoms with Gasteiger partial charge in [-0.15, -0.1) is 0 Å². The van der Waals surface area contributed by atoms with Gasteiger partial charge in [-0.3, -0.25) is 4.79 Å². The van der Waals surface area contributed by atoms with Crippen molar-refractivity contribution in [2.45, 2.75) is 0 Å². The van der Waals surface area contributed by atoms with E-state index in [0.717, 1.165) is 0 Å². The summed E-state index contributed by atoms with van der Waals surface area (Å²) in [7, 11) is 0. The van der Waals surface area contributed by atoms with Gasteiger partial charge < -0.3 is 10.4 Å². The molecule has 0 aliphatic carbocycles. The van der Waals surface area contributed by atoms with Crippen LogP contribution in [-0.2, 0) is 0 Å². The summed E-state index contributed by atoms with van der Waals surface area (Å²) in [5, 5.41) is 12.1. The van der Waals surface area contributed by atoms with Gasteiger partial charge in [-0.1, -0.05) is 29.8 Å². The van der Waals surface area contributed by atoms with Crippen LogP contribution in [0.1, 0.15) is 10.4 Å². The molecule has 5 nitrogen and oxygen atoms in total. The van der Waals surface area contributed by atoms with Gasteiger partial charge in [-0.25, -0.2) is 9.97 Å². The topological polar surface area (TPSA) is 75.1 Å². The Hall–Kier alpha value is -2.66. The van der Waals surface area contributed by atoms with Crippen LogP contribution in [0.2, 0.25) is 5.15 Å². The molecule has 104 valence electrons. The van der Waals surface area contributed by atoms with Crippen LogP contribution in [0, 0.1) is 0 Å². The predicted octanol–water partition coefficient (Wildman–Crippen LogP) is 3.24. The van der Waals surface area contributed by atoms with Gasteiger partial charge in [0.25, 0.3) is 5.91 Å². The highest BCUT2D eigenvalue weighted by molar-refractivity contribution is 6.32. The maximum Gasteiger partial charge on any atom is 0.257 e. The molecular weight excluding hydrogens is 290 g/mol. The molecule has 3 rings (SSSR count). The van der Waals surface area contributed by atoms with Crippen molar-refractivity contribution in [1.82, 2.24) is 9.97 Å². The van der Waals surface area contributed by atoms with Gasteiger partial charge in [0, 0.05) is 5.56 Å². The highest BCUT2D eigenvalue weighted by atomic mass is 35.5. The third-order valence-corrected chi connectivity index (χ3v) is 3.13. The summed E-state index contributed by atoms with van der Waals surface area (Å²) in [5.74, 6) is -0.223. The monoisotopic (exact) mass is 299 g/mol. The first kappa shape index (κ1) is 13.3. The smallest absolute Gasteiger partial charge is 0.257 e. The average Bonchev–Trinajstić information content (AvgIpc) is 2.48. The van der Waals surface area contributed by atoms with E-state index in [4.69, 9.17) is 11.6 Å². The number of aromatic nitrogens is 2. The minimum absolute atomic E-state index is 0.0124. The number of carbonyl (C=O) groups is 1. The van der Waals surface area contributed by atoms with Crippen molar-refractivity contribution in [3.05, 3.63) is 59.2 Å². The van der Waals surface area contributed by atoms with E-state index in [-0.39, 0.29) is 16.7 Å². The first-order valence-corrected chi connectivity index (χ1v) is 6.54. The third-order valence-electron chi connectivity index (χ3n) is 2.87. The number of nitrogens with zero attached hydrogens (tertiary/aromatic N) is 2. The van der Waals surface area contributed by atoms with Gasteiger partial charge in [-0.2, -0.15) is 0 Å². The fourth-order valence-electron chi connectivity index (χ4n) is 1.88. The molecule has 1 amide bonds. The number of hydrogen-bond acceptors (Lipinski definition) is 4. The van der Waals surface area contributed by atoms with Crippen LogP contribution in [0.25, 0.3) is 11.0 Å². The summed E-state index contributed by atoms with van der Waals surface area (Å²) in [5.41, 5.74) is 1.59. The number of phenolic OH excluding ortho intramolecular Hbond substituents is 1. The molecule has 1 heterocycles. The van der Waals surface area contributed by atoms with E-state index >= 15 is 0 Å². The summed E-state index contributed by atoms with van der Waals surface area (Å²) in [6, 6.07) is 13.2. The lowest BCUT2D eigenvalue weighted by molar-refractivity contribution is 0.102. The molecule has 2 aromatic carbocycles. The van der Waals surface area contributed by atoms with Crippen molar-refractivity contribution >= 4 is 34.4 Å². The highest BCUT2D eigenvalue weighted by Crippen LogP contribution is 2.22. The molecule has 0 radical (unpaired) electrons. The largest absolute Gasteiger partial charge is 0.508 e. The minimum Gasteiger partial charge on any atom is -0.508 e. The summed E-state index contributed by atoms with van der Waals surface area (Å²) >= 11 is 6.03. The van der Waals surface area contributed by atoms with Crippen molar-refractivity contribution in [2.24, 2.45) is 0 Å². The summed E-state index contributed by atoms with van der Waals surface area (Å²) in [6.45, 7) is 0. The van der Waals surface area contributed by atoms with E-state index in [1.807, 2.05) is 12.1 Å². The Morgan fingerprint density at radius 1 is 1.05 bits per heavy atom. The summed E-state index contributed by atoms with van der Waals surface area (Å²) in [6.07, 6.45) is 0. The fourth-order valence-corrected chi connectivity index (χ4v) is 2.07. The number of rotatable bonds is 2. The second-order valence-corrected chi connectivity index (χ2v) is 4.71. The van der Waals surface area contributed by atoms with Crippen LogP contribution in [0.3, 0.4) is 0 Å². The second kappa shape index (κ2) is 5.38. The zero-order valence-corrected chi connectivity index (χ0v) is 11.5. The number of hydrogen-bond donors (Lipinski definition) is 2. The molecule has 6 heteroatoms. The molecule has 0 atom stereocenters. The number of benzene rings is 2. The normalized spacial score (nSPS) is 10.5. The van der Waals surface area contributed by atoms with E-state index in [1.165, 1.54) is 12.1 Å². The number of amides is 1. The number of aromatic hydroxyl groups is 1. The Kier molecular flexibility index (Phi) is 3.41. The number of anilines is 1. The summed E-state index contributed by atoms with van der Waals surface area (Å²) < 4.78 is 0. The van der Waals surface area contributed by atoms with Gasteiger partial charge in [0.2, 0.25) is 0 Å². The maximum atomic E-state index is 12.1. The van der Waals surface area contributed by atoms with E-state index in [2.05, 4.69) is 15.3 Å². The quantitative estimate of drug-likeness (QED) is 0.761. The molecule has 0 unspecified atom stereocenters. The van der Waals surface area contributed by atoms with Crippen LogP contribution in [0.4, 0.5) is 5.82 Å². The van der Waals surface area contributed by atoms with Crippen LogP contribution >= 0.6 is 11.6 Å². The summed E-state index contributed by atoms with van der Waals surface area (Å²) in [4.78, 5) is 20.6. The van der Waals surface area contributed by atoms with E-state index in [0.29, 0.717) is 16.6 Å². The van der Waals surface area contributed by atoms with Crippen molar-refractivity contribution in [3.63, 3.8) is 0 Å². The molecule has 0 bridgehead atoms. The molecular formula is C15H10ClN3O2. The van der Waals surface area contributed by atoms with Gasteiger partial charge in [-0.05, 0) is 30.3 Å². The predicted molar refractivity (Wildman–Crippen MR) is 80.6 cm³/mol. The Bertz CT molecular complexity index is 836. The third kappa shape index (κ3) is 2.78. The molecule has 21 heavy (non-hydrogen) atoms. The van der Waals surface area contributed by atoms with Gasteiger partial charge >= 0.3 is 0 Å². The SMILES string of the molecule is O=C(Nc1nc2ccccc2nc1Cl)c1cccc(O)c1. The van der Waals surface area contributed by atoms with E-state index in [1.54, 1.807) is 24.3 Å². The lowest BCUT2D eigenvalue weighted by atomic mass is 10.2. The van der Waals surface area contributed by atoms with Gasteiger partial charge in [0.1, 0.15) is 5.75 Å². The zero-order valence-electron chi connectivity index (χ0n) is 10.7. The maximum absolute atomic E-state index is 12.1. The Morgan fingerprint density at radius 2 is 1.76 bits per heavy atom. The zero-order chi connectivity index (χ0) is 14.8. The molecule has 0 spiro atoms. The van der Waals surface area contributed by atoms with Crippen molar-refractivity contribution in [3.8, 4) is 5.75 Å². The number of phenols is 1. The molecule has 3 aromatic rings. The second-order valence-electron chi connectivity index (χ2n) is 4.36. The first-order valence-electron chi connectivity index (χ1n) is 6.16. The van der Waals surface area contributed by atoms with Crippen molar-refractivity contribution < 1.29 is 9.90 Å². The van der Waals surface area contributed by atoms with Crippen LogP contribution in [0.5, 0.6) is 5.75 Å². The molecule has 2 N–H and O–H groups in total. The first-order chi connectivity index (χ1) is 10.1. The van der Waals surface area contributed by atoms with Crippen molar-refractivity contribution in [2.75, 3.05) is 5.32 Å². The lowest BCUT2D eigenvalue weighted by Crippen LogP contribution is -2.13. The molecule has 0 aliphatic heterocycles. The number of fused-ring (bicyclic) bond motifs is 1. The van der Waals surface area contributed by atoms with E-state index in [9.17, 15) is 9.90 Å². The van der Waals surface area contributed by atoms with E-state index < -0.39 is 5.91 Å². The number of carbonyl (C=O) groups excluding carboxylic acids is 1. The Balaban J connectivity index is 1.94. The van der Waals surface area contributed by atoms with Crippen molar-refractivity contribution in [1.29, 1.82) is 0 Å². The molecule has 0 saturated heterocycles. The Labute approximate surface area is 125 Å². The molecule has 0 fully saturated rings. The molecule has 0 saturated carbocycles. The fraction of sp³-hybridized carbons (Fsp3) is 0. The van der Waals surface area contributed by atoms with Crippen LogP contribution in [0.15, 0.2) is 48.5 Å². The molecule has 1 aromatic heterocycles. The lowest BCUT2D eigenvalue weighted by Gasteiger charge is -2.07.